The predicted octanol–water partition coefficient (Wildman–Crippen LogP) is 4.41. The lowest BCUT2D eigenvalue weighted by atomic mass is 10.1. The average Bonchev–Trinajstić information content (AvgIpc) is 2.92. The van der Waals surface area contributed by atoms with Crippen molar-refractivity contribution in [3.63, 3.8) is 0 Å². The highest BCUT2D eigenvalue weighted by Gasteiger charge is 2.32. The van der Waals surface area contributed by atoms with Crippen LogP contribution in [-0.2, 0) is 34.5 Å². The molecule has 38 heavy (non-hydrogen) atoms. The number of carbonyl (C=O) groups excluding carboxylic acids is 3. The molecule has 1 heterocycles. The maximum Gasteiger partial charge on any atom is 0.409 e. The Hall–Kier alpha value is -2.62. The first-order valence-corrected chi connectivity index (χ1v) is 15.1. The Balaban J connectivity index is 1.98. The van der Waals surface area contributed by atoms with Gasteiger partial charge in [0.1, 0.15) is 12.6 Å². The molecule has 1 aliphatic heterocycles. The summed E-state index contributed by atoms with van der Waals surface area (Å²) in [5.74, 6) is -0.289. The second-order valence-corrected chi connectivity index (χ2v) is 11.0. The molecule has 0 saturated carbocycles. The lowest BCUT2D eigenvalue weighted by Gasteiger charge is -2.36. The van der Waals surface area contributed by atoms with Gasteiger partial charge in [-0.1, -0.05) is 43.7 Å². The third-order valence-corrected chi connectivity index (χ3v) is 8.12. The van der Waals surface area contributed by atoms with Gasteiger partial charge in [0, 0.05) is 26.2 Å². The molecule has 1 saturated heterocycles. The molecule has 1 aromatic carbocycles. The van der Waals surface area contributed by atoms with Crippen molar-refractivity contribution < 1.29 is 37.5 Å². The fourth-order valence-electron chi connectivity index (χ4n) is 3.94. The number of nitrogens with one attached hydrogen (secondary N) is 1. The van der Waals surface area contributed by atoms with E-state index < -0.39 is 19.7 Å². The number of benzene rings is 1. The summed E-state index contributed by atoms with van der Waals surface area (Å²) in [5.41, 5.74) is 0.821. The molecule has 3 amide bonds. The molecule has 1 fully saturated rings. The third-order valence-electron chi connectivity index (χ3n) is 5.95. The molecule has 1 aromatic rings. The van der Waals surface area contributed by atoms with Crippen LogP contribution in [0.5, 0.6) is 0 Å². The first kappa shape index (κ1) is 31.6. The number of hydrogen-bond acceptors (Lipinski definition) is 8. The number of rotatable bonds is 15. The van der Waals surface area contributed by atoms with E-state index in [9.17, 15) is 18.9 Å². The molecule has 0 radical (unpaired) electrons. The van der Waals surface area contributed by atoms with Gasteiger partial charge in [0.15, 0.2) is 0 Å². The SMILES string of the molecule is CCCCOC(=O)N1CCN(C(=O)C(CCCP(=O)(OCC)OCC)NC(=O)OCc2ccccc2)CC1. The van der Waals surface area contributed by atoms with E-state index >= 15 is 0 Å². The molecule has 0 spiro atoms. The van der Waals surface area contributed by atoms with E-state index in [1.54, 1.807) is 23.6 Å². The zero-order chi connectivity index (χ0) is 27.8. The minimum absolute atomic E-state index is 0.0658. The number of piperazine rings is 1. The molecule has 1 aliphatic rings. The van der Waals surface area contributed by atoms with E-state index in [1.807, 2.05) is 37.3 Å². The molecular weight excluding hydrogens is 513 g/mol. The lowest BCUT2D eigenvalue weighted by molar-refractivity contribution is -0.135. The highest BCUT2D eigenvalue weighted by atomic mass is 31.2. The molecule has 0 bridgehead atoms. The monoisotopic (exact) mass is 555 g/mol. The maximum absolute atomic E-state index is 13.4. The molecule has 1 N–H and O–H groups in total. The van der Waals surface area contributed by atoms with Gasteiger partial charge in [-0.25, -0.2) is 9.59 Å². The quantitative estimate of drug-likeness (QED) is 0.249. The smallest absolute Gasteiger partial charge is 0.409 e. The summed E-state index contributed by atoms with van der Waals surface area (Å²) in [6, 6.07) is 8.34. The molecule has 0 aliphatic carbocycles. The highest BCUT2D eigenvalue weighted by Crippen LogP contribution is 2.48. The molecule has 1 unspecified atom stereocenters. The van der Waals surface area contributed by atoms with Gasteiger partial charge >= 0.3 is 19.8 Å². The van der Waals surface area contributed by atoms with Crippen LogP contribution in [-0.4, -0.2) is 86.1 Å². The lowest BCUT2D eigenvalue weighted by Crippen LogP contribution is -2.56. The van der Waals surface area contributed by atoms with Gasteiger partial charge in [0.2, 0.25) is 5.91 Å². The normalized spacial score (nSPS) is 14.6. The number of hydrogen-bond donors (Lipinski definition) is 1. The van der Waals surface area contributed by atoms with Crippen LogP contribution in [0.2, 0.25) is 0 Å². The van der Waals surface area contributed by atoms with Crippen LogP contribution < -0.4 is 5.32 Å². The topological polar surface area (TPSA) is 124 Å². The summed E-state index contributed by atoms with van der Waals surface area (Å²) >= 11 is 0. The molecule has 2 rings (SSSR count). The number of carbonyl (C=O) groups is 3. The van der Waals surface area contributed by atoms with E-state index in [0.717, 1.165) is 18.4 Å². The van der Waals surface area contributed by atoms with Crippen molar-refractivity contribution in [3.8, 4) is 0 Å². The minimum Gasteiger partial charge on any atom is -0.449 e. The van der Waals surface area contributed by atoms with Crippen molar-refractivity contribution in [2.75, 3.05) is 52.2 Å². The fourth-order valence-corrected chi connectivity index (χ4v) is 5.63. The molecule has 12 heteroatoms. The average molecular weight is 556 g/mol. The summed E-state index contributed by atoms with van der Waals surface area (Å²) < 4.78 is 34.1. The number of nitrogens with zero attached hydrogens (tertiary/aromatic N) is 2. The van der Waals surface area contributed by atoms with Gasteiger partial charge in [-0.2, -0.15) is 0 Å². The van der Waals surface area contributed by atoms with Crippen molar-refractivity contribution in [2.45, 2.75) is 59.1 Å². The van der Waals surface area contributed by atoms with Crippen LogP contribution in [0.4, 0.5) is 9.59 Å². The summed E-state index contributed by atoms with van der Waals surface area (Å²) in [6.07, 6.45) is 1.31. The Morgan fingerprint density at radius 1 is 0.921 bits per heavy atom. The summed E-state index contributed by atoms with van der Waals surface area (Å²) in [4.78, 5) is 41.4. The van der Waals surface area contributed by atoms with E-state index in [0.29, 0.717) is 39.2 Å². The number of ether oxygens (including phenoxy) is 2. The predicted molar refractivity (Wildman–Crippen MR) is 143 cm³/mol. The van der Waals surface area contributed by atoms with Gasteiger partial charge in [-0.3, -0.25) is 9.36 Å². The molecule has 0 aromatic heterocycles. The Morgan fingerprint density at radius 2 is 1.55 bits per heavy atom. The van der Waals surface area contributed by atoms with Crippen molar-refractivity contribution in [1.82, 2.24) is 15.1 Å². The number of alkyl carbamates (subject to hydrolysis) is 1. The molecular formula is C26H42N3O8P. The maximum atomic E-state index is 13.4. The second-order valence-electron chi connectivity index (χ2n) is 8.85. The third kappa shape index (κ3) is 11.0. The highest BCUT2D eigenvalue weighted by molar-refractivity contribution is 7.53. The van der Waals surface area contributed by atoms with Crippen molar-refractivity contribution in [1.29, 1.82) is 0 Å². The van der Waals surface area contributed by atoms with Crippen molar-refractivity contribution >= 4 is 25.7 Å². The summed E-state index contributed by atoms with van der Waals surface area (Å²) in [6.45, 7) is 7.73. The largest absolute Gasteiger partial charge is 0.449 e. The van der Waals surface area contributed by atoms with Crippen LogP contribution in [0.3, 0.4) is 0 Å². The van der Waals surface area contributed by atoms with Gasteiger partial charge in [0.25, 0.3) is 0 Å². The Bertz CT molecular complexity index is 899. The van der Waals surface area contributed by atoms with Crippen molar-refractivity contribution in [3.05, 3.63) is 35.9 Å². The van der Waals surface area contributed by atoms with Crippen LogP contribution in [0.15, 0.2) is 30.3 Å². The Morgan fingerprint density at radius 3 is 2.16 bits per heavy atom. The van der Waals surface area contributed by atoms with E-state index in [-0.39, 0.29) is 44.4 Å². The first-order chi connectivity index (χ1) is 18.3. The zero-order valence-electron chi connectivity index (χ0n) is 22.8. The Kier molecular flexibility index (Phi) is 14.2. The van der Waals surface area contributed by atoms with Gasteiger partial charge in [-0.15, -0.1) is 0 Å². The zero-order valence-corrected chi connectivity index (χ0v) is 23.7. The van der Waals surface area contributed by atoms with Gasteiger partial charge in [-0.05, 0) is 38.7 Å². The molecule has 214 valence electrons. The van der Waals surface area contributed by atoms with E-state index in [1.165, 1.54) is 0 Å². The fraction of sp³-hybridized carbons (Fsp3) is 0.654. The van der Waals surface area contributed by atoms with Crippen LogP contribution in [0, 0.1) is 0 Å². The van der Waals surface area contributed by atoms with Gasteiger partial charge in [0.05, 0.1) is 26.0 Å². The molecule has 1 atom stereocenters. The van der Waals surface area contributed by atoms with E-state index in [2.05, 4.69) is 5.32 Å². The van der Waals surface area contributed by atoms with Crippen molar-refractivity contribution in [2.24, 2.45) is 0 Å². The Labute approximate surface area is 225 Å². The first-order valence-electron chi connectivity index (χ1n) is 13.4. The van der Waals surface area contributed by atoms with Crippen LogP contribution in [0.1, 0.15) is 52.0 Å². The number of unbranched alkanes of at least 4 members (excludes halogenated alkanes) is 1. The van der Waals surface area contributed by atoms with Crippen LogP contribution >= 0.6 is 7.60 Å². The van der Waals surface area contributed by atoms with Gasteiger partial charge < -0.3 is 33.6 Å². The summed E-state index contributed by atoms with van der Waals surface area (Å²) in [5, 5.41) is 2.67. The molecule has 11 nitrogen and oxygen atoms in total. The van der Waals surface area contributed by atoms with Crippen LogP contribution in [0.25, 0.3) is 0 Å². The van der Waals surface area contributed by atoms with E-state index in [4.69, 9.17) is 18.5 Å². The number of amides is 3. The second kappa shape index (κ2) is 17.1. The standard InChI is InChI=1S/C26H42N3O8P/c1-4-7-19-34-26(32)29-17-15-28(16-18-29)24(30)23(14-11-20-38(33,36-5-2)37-6-3)27-25(31)35-21-22-12-9-8-10-13-22/h8-10,12-13,23H,4-7,11,14-21H2,1-3H3,(H,27,31). The minimum atomic E-state index is -3.28. The summed E-state index contributed by atoms with van der Waals surface area (Å²) in [7, 11) is -3.28.